The normalized spacial score (nSPS) is 12.2. The highest BCUT2D eigenvalue weighted by Crippen LogP contribution is 2.09. The van der Waals surface area contributed by atoms with Crippen LogP contribution in [0.5, 0.6) is 0 Å². The van der Waals surface area contributed by atoms with Crippen molar-refractivity contribution < 1.29 is 9.53 Å². The van der Waals surface area contributed by atoms with Crippen LogP contribution in [-0.4, -0.2) is 52.9 Å². The molecular weight excluding hydrogens is 471 g/mol. The lowest BCUT2D eigenvalue weighted by atomic mass is 10.1. The zero-order valence-corrected chi connectivity index (χ0v) is 20.6. The Morgan fingerprint density at radius 1 is 1.21 bits per heavy atom. The van der Waals surface area contributed by atoms with Crippen LogP contribution in [0, 0.1) is 6.92 Å². The number of aromatic nitrogens is 2. The molecule has 0 saturated carbocycles. The van der Waals surface area contributed by atoms with Crippen LogP contribution < -0.4 is 16.0 Å². The van der Waals surface area contributed by atoms with Gasteiger partial charge in [0.1, 0.15) is 11.4 Å². The highest BCUT2D eigenvalue weighted by atomic mass is 127. The van der Waals surface area contributed by atoms with Gasteiger partial charge in [-0.3, -0.25) is 4.99 Å². The van der Waals surface area contributed by atoms with Gasteiger partial charge in [0.15, 0.2) is 5.96 Å². The number of rotatable bonds is 8. The van der Waals surface area contributed by atoms with E-state index in [1.807, 2.05) is 53.9 Å². The molecule has 0 radical (unpaired) electrons. The number of unbranched alkanes of at least 4 members (excludes halogenated alkanes) is 1. The number of guanidine groups is 1. The Bertz CT molecular complexity index is 622. The van der Waals surface area contributed by atoms with Gasteiger partial charge in [0, 0.05) is 39.1 Å². The number of imidazole rings is 1. The van der Waals surface area contributed by atoms with E-state index in [0.29, 0.717) is 12.5 Å². The fourth-order valence-corrected chi connectivity index (χ4v) is 2.40. The summed E-state index contributed by atoms with van der Waals surface area (Å²) in [7, 11) is 1.73. The Hall–Kier alpha value is -1.52. The number of carbonyl (C=O) groups excluding carboxylic acids is 1. The third-order valence-electron chi connectivity index (χ3n) is 3.80. The summed E-state index contributed by atoms with van der Waals surface area (Å²) in [6, 6.07) is 0. The molecule has 1 amide bonds. The number of aryl methyl sites for hydroxylation is 2. The summed E-state index contributed by atoms with van der Waals surface area (Å²) in [5.74, 6) is 1.76. The third-order valence-corrected chi connectivity index (χ3v) is 3.80. The van der Waals surface area contributed by atoms with Crippen molar-refractivity contribution in [2.24, 2.45) is 4.99 Å². The predicted octanol–water partition coefficient (Wildman–Crippen LogP) is 3.06. The number of hydrogen-bond donors (Lipinski definition) is 3. The maximum absolute atomic E-state index is 11.9. The highest BCUT2D eigenvalue weighted by Gasteiger charge is 2.24. The lowest BCUT2D eigenvalue weighted by Gasteiger charge is -2.29. The highest BCUT2D eigenvalue weighted by molar-refractivity contribution is 14.0. The smallest absolute Gasteiger partial charge is 0.408 e. The maximum atomic E-state index is 11.9. The van der Waals surface area contributed by atoms with Crippen molar-refractivity contribution in [1.29, 1.82) is 0 Å². The van der Waals surface area contributed by atoms with Crippen molar-refractivity contribution in [2.45, 2.75) is 72.1 Å². The van der Waals surface area contributed by atoms with E-state index in [1.165, 1.54) is 0 Å². The molecule has 9 heteroatoms. The maximum Gasteiger partial charge on any atom is 0.408 e. The molecule has 0 atom stereocenters. The van der Waals surface area contributed by atoms with Crippen molar-refractivity contribution in [3.8, 4) is 0 Å². The molecule has 1 rings (SSSR count). The summed E-state index contributed by atoms with van der Waals surface area (Å²) < 4.78 is 7.46. The first-order chi connectivity index (χ1) is 12.5. The zero-order valence-electron chi connectivity index (χ0n) is 18.3. The molecule has 0 aliphatic heterocycles. The van der Waals surface area contributed by atoms with Crippen LogP contribution in [0.3, 0.4) is 0 Å². The van der Waals surface area contributed by atoms with Crippen LogP contribution in [-0.2, 0) is 11.3 Å². The van der Waals surface area contributed by atoms with Gasteiger partial charge >= 0.3 is 6.09 Å². The van der Waals surface area contributed by atoms with E-state index < -0.39 is 17.2 Å². The molecule has 162 valence electrons. The van der Waals surface area contributed by atoms with Crippen LogP contribution in [0.25, 0.3) is 0 Å². The Labute approximate surface area is 186 Å². The molecule has 0 spiro atoms. The Morgan fingerprint density at radius 2 is 1.89 bits per heavy atom. The fraction of sp³-hybridized carbons (Fsp3) is 0.737. The lowest BCUT2D eigenvalue weighted by molar-refractivity contribution is 0.0474. The van der Waals surface area contributed by atoms with E-state index in [4.69, 9.17) is 4.74 Å². The van der Waals surface area contributed by atoms with Crippen LogP contribution in [0.1, 0.15) is 53.3 Å². The Balaban J connectivity index is 0.00000729. The summed E-state index contributed by atoms with van der Waals surface area (Å²) >= 11 is 0. The topological polar surface area (TPSA) is 92.6 Å². The molecule has 28 heavy (non-hydrogen) atoms. The van der Waals surface area contributed by atoms with Crippen molar-refractivity contribution in [2.75, 3.05) is 20.1 Å². The van der Waals surface area contributed by atoms with Crippen molar-refractivity contribution in [3.63, 3.8) is 0 Å². The molecule has 3 N–H and O–H groups in total. The Kier molecular flexibility index (Phi) is 11.5. The second-order valence-corrected chi connectivity index (χ2v) is 8.24. The monoisotopic (exact) mass is 508 g/mol. The number of alkyl carbamates (subject to hydrolysis) is 1. The molecule has 0 aliphatic carbocycles. The van der Waals surface area contributed by atoms with Gasteiger partial charge in [-0.25, -0.2) is 9.78 Å². The molecule has 1 heterocycles. The number of nitrogens with one attached hydrogen (secondary N) is 3. The number of halogens is 1. The summed E-state index contributed by atoms with van der Waals surface area (Å²) in [4.78, 5) is 20.4. The first kappa shape index (κ1) is 26.5. The number of aliphatic imine (C=N–C) groups is 1. The lowest BCUT2D eigenvalue weighted by Crippen LogP contribution is -2.54. The second-order valence-electron chi connectivity index (χ2n) is 8.24. The molecule has 1 aromatic rings. The van der Waals surface area contributed by atoms with Gasteiger partial charge in [-0.2, -0.15) is 0 Å². The minimum atomic E-state index is -0.513. The summed E-state index contributed by atoms with van der Waals surface area (Å²) in [5, 5.41) is 9.42. The zero-order chi connectivity index (χ0) is 20.5. The molecule has 0 unspecified atom stereocenters. The largest absolute Gasteiger partial charge is 0.444 e. The van der Waals surface area contributed by atoms with E-state index in [9.17, 15) is 4.79 Å². The molecule has 0 bridgehead atoms. The Morgan fingerprint density at radius 3 is 2.43 bits per heavy atom. The molecule has 1 aromatic heterocycles. The van der Waals surface area contributed by atoms with Gasteiger partial charge in [0.2, 0.25) is 0 Å². The molecule has 0 fully saturated rings. The minimum Gasteiger partial charge on any atom is -0.444 e. The van der Waals surface area contributed by atoms with Crippen LogP contribution in [0.15, 0.2) is 17.4 Å². The average Bonchev–Trinajstić information content (AvgIpc) is 2.92. The molecule has 0 aromatic carbocycles. The van der Waals surface area contributed by atoms with Gasteiger partial charge in [-0.15, -0.1) is 24.0 Å². The van der Waals surface area contributed by atoms with Gasteiger partial charge in [-0.05, 0) is 54.4 Å². The number of carbonyl (C=O) groups is 1. The summed E-state index contributed by atoms with van der Waals surface area (Å²) in [5.41, 5.74) is -0.987. The molecule has 0 aliphatic rings. The molecule has 0 saturated heterocycles. The number of nitrogens with zero attached hydrogens (tertiary/aromatic N) is 3. The van der Waals surface area contributed by atoms with Crippen LogP contribution in [0.2, 0.25) is 0 Å². The van der Waals surface area contributed by atoms with Gasteiger partial charge in [-0.1, -0.05) is 0 Å². The first-order valence-electron chi connectivity index (χ1n) is 9.46. The van der Waals surface area contributed by atoms with E-state index in [0.717, 1.165) is 31.8 Å². The van der Waals surface area contributed by atoms with Gasteiger partial charge in [0.05, 0.1) is 5.54 Å². The molecular formula is C19H37IN6O2. The predicted molar refractivity (Wildman–Crippen MR) is 124 cm³/mol. The van der Waals surface area contributed by atoms with Gasteiger partial charge < -0.3 is 25.3 Å². The number of amides is 1. The quantitative estimate of drug-likeness (QED) is 0.217. The van der Waals surface area contributed by atoms with Crippen molar-refractivity contribution in [3.05, 3.63) is 18.2 Å². The van der Waals surface area contributed by atoms with Crippen LogP contribution >= 0.6 is 24.0 Å². The van der Waals surface area contributed by atoms with E-state index in [1.54, 1.807) is 7.05 Å². The summed E-state index contributed by atoms with van der Waals surface area (Å²) in [6.45, 7) is 13.7. The van der Waals surface area contributed by atoms with E-state index in [-0.39, 0.29) is 24.0 Å². The van der Waals surface area contributed by atoms with Crippen molar-refractivity contribution in [1.82, 2.24) is 25.5 Å². The first-order valence-corrected chi connectivity index (χ1v) is 9.46. The minimum absolute atomic E-state index is 0. The number of hydrogen-bond acceptors (Lipinski definition) is 4. The SMILES string of the molecule is CN=C(NCCCCn1ccnc1C)NCC(C)(C)NC(=O)OC(C)(C)C.I. The average molecular weight is 508 g/mol. The van der Waals surface area contributed by atoms with E-state index in [2.05, 4.69) is 30.5 Å². The standard InChI is InChI=1S/C19H36N6O2.HI/c1-15-21-11-13-25(15)12-9-8-10-22-16(20-7)23-14-19(5,6)24-17(26)27-18(2,3)4;/h11,13H,8-10,12,14H2,1-7H3,(H,24,26)(H2,20,22,23);1H. The van der Waals surface area contributed by atoms with E-state index >= 15 is 0 Å². The van der Waals surface area contributed by atoms with Crippen molar-refractivity contribution >= 4 is 36.0 Å². The number of ether oxygens (including phenoxy) is 1. The van der Waals surface area contributed by atoms with Gasteiger partial charge in [0.25, 0.3) is 0 Å². The second kappa shape index (κ2) is 12.1. The summed E-state index contributed by atoms with van der Waals surface area (Å²) in [6.07, 6.45) is 5.49. The molecule has 8 nitrogen and oxygen atoms in total. The fourth-order valence-electron chi connectivity index (χ4n) is 2.40. The third kappa shape index (κ3) is 11.4. The van der Waals surface area contributed by atoms with Crippen LogP contribution in [0.4, 0.5) is 4.79 Å².